The lowest BCUT2D eigenvalue weighted by Crippen LogP contribution is -2.44. The topological polar surface area (TPSA) is 111 Å². The van der Waals surface area contributed by atoms with Gasteiger partial charge in [0.15, 0.2) is 12.4 Å². The molecule has 0 aromatic carbocycles. The molecule has 0 rings (SSSR count). The summed E-state index contributed by atoms with van der Waals surface area (Å²) in [6.45, 7) is 4.81. The van der Waals surface area contributed by atoms with E-state index in [2.05, 4.69) is 38.2 Å². The largest absolute Gasteiger partial charge is 0.545 e. The molecule has 0 saturated heterocycles. The normalized spacial score (nSPS) is 12.8. The Morgan fingerprint density at radius 3 is 1.00 bits per heavy atom. The molecule has 0 aliphatic carbocycles. The van der Waals surface area contributed by atoms with Crippen LogP contribution in [0.5, 0.6) is 0 Å². The maximum Gasteiger partial charge on any atom is 0.306 e. The molecule has 0 aliphatic rings. The molecule has 0 fully saturated rings. The summed E-state index contributed by atoms with van der Waals surface area (Å²) < 4.78 is 22.8. The van der Waals surface area contributed by atoms with E-state index in [1.54, 1.807) is 0 Å². The van der Waals surface area contributed by atoms with Crippen LogP contribution in [0.3, 0.4) is 0 Å². The summed E-state index contributed by atoms with van der Waals surface area (Å²) in [6, 6.07) is 0. The van der Waals surface area contributed by atoms with Gasteiger partial charge >= 0.3 is 11.9 Å². The molecule has 9 nitrogen and oxygen atoms in total. The second-order valence-electron chi connectivity index (χ2n) is 24.8. The lowest BCUT2D eigenvalue weighted by Gasteiger charge is -2.26. The van der Waals surface area contributed by atoms with Gasteiger partial charge in [-0.15, -0.1) is 0 Å². The summed E-state index contributed by atoms with van der Waals surface area (Å²) in [5.41, 5.74) is 0. The molecule has 0 N–H and O–H groups in total. The summed E-state index contributed by atoms with van der Waals surface area (Å²) in [4.78, 5) is 37.4. The number of rotatable bonds is 65. The highest BCUT2D eigenvalue weighted by molar-refractivity contribution is 5.70. The summed E-state index contributed by atoms with van der Waals surface area (Å²) in [7, 11) is 5.94. The monoisotopic (exact) mass is 1120 g/mol. The molecule has 0 saturated carbocycles. The number of unbranched alkanes of at least 4 members (excludes halogenated alkanes) is 46. The number of carboxylic acids is 1. The van der Waals surface area contributed by atoms with Crippen molar-refractivity contribution >= 4 is 17.9 Å². The van der Waals surface area contributed by atoms with E-state index >= 15 is 0 Å². The number of hydrogen-bond acceptors (Lipinski definition) is 8. The Hall–Kier alpha value is -2.23. The van der Waals surface area contributed by atoms with E-state index in [0.717, 1.165) is 44.9 Å². The lowest BCUT2D eigenvalue weighted by atomic mass is 10.0. The summed E-state index contributed by atoms with van der Waals surface area (Å²) in [5, 5.41) is 11.8. The minimum atomic E-state index is -1.62. The number of nitrogens with zero attached hydrogens (tertiary/aromatic N) is 1. The van der Waals surface area contributed by atoms with Crippen molar-refractivity contribution in [2.75, 3.05) is 47.5 Å². The van der Waals surface area contributed by atoms with Gasteiger partial charge in [-0.3, -0.25) is 9.59 Å². The number of hydrogen-bond donors (Lipinski definition) is 0. The van der Waals surface area contributed by atoms with Crippen LogP contribution in [0.15, 0.2) is 24.3 Å². The molecule has 9 heteroatoms. The number of carbonyl (C=O) groups excluding carboxylic acids is 3. The van der Waals surface area contributed by atoms with Crippen molar-refractivity contribution in [3.8, 4) is 0 Å². The van der Waals surface area contributed by atoms with Crippen molar-refractivity contribution in [3.63, 3.8) is 0 Å². The van der Waals surface area contributed by atoms with E-state index in [-0.39, 0.29) is 32.2 Å². The highest BCUT2D eigenvalue weighted by atomic mass is 16.7. The Bertz CT molecular complexity index is 1340. The second kappa shape index (κ2) is 61.8. The minimum Gasteiger partial charge on any atom is -0.545 e. The Morgan fingerprint density at radius 1 is 0.380 bits per heavy atom. The number of esters is 2. The van der Waals surface area contributed by atoms with Crippen LogP contribution in [0, 0.1) is 0 Å². The predicted molar refractivity (Wildman–Crippen MR) is 334 cm³/mol. The Morgan fingerprint density at radius 2 is 0.684 bits per heavy atom. The first-order valence-corrected chi connectivity index (χ1v) is 34.5. The van der Waals surface area contributed by atoms with Gasteiger partial charge in [0.25, 0.3) is 0 Å². The fourth-order valence-electron chi connectivity index (χ4n) is 10.4. The molecular formula is C70H133NO8. The minimum absolute atomic E-state index is 0.152. The quantitative estimate of drug-likeness (QED) is 0.0195. The van der Waals surface area contributed by atoms with Crippen molar-refractivity contribution in [3.05, 3.63) is 24.3 Å². The van der Waals surface area contributed by atoms with E-state index in [1.807, 2.05) is 21.1 Å². The first-order chi connectivity index (χ1) is 38.6. The van der Waals surface area contributed by atoms with Gasteiger partial charge in [-0.1, -0.05) is 314 Å². The van der Waals surface area contributed by atoms with Gasteiger partial charge in [-0.2, -0.15) is 0 Å². The number of carboxylic acid groups (broad SMARTS) is 1. The summed E-state index contributed by atoms with van der Waals surface area (Å²) in [5.74, 6) is -2.25. The van der Waals surface area contributed by atoms with E-state index in [0.29, 0.717) is 17.4 Å². The average molecular weight is 1120 g/mol. The maximum absolute atomic E-state index is 12.9. The van der Waals surface area contributed by atoms with Gasteiger partial charge in [-0.25, -0.2) is 0 Å². The van der Waals surface area contributed by atoms with Gasteiger partial charge < -0.3 is 33.3 Å². The van der Waals surface area contributed by atoms with Crippen LogP contribution in [0.4, 0.5) is 0 Å². The summed E-state index contributed by atoms with van der Waals surface area (Å²) in [6.07, 6.45) is 72.7. The van der Waals surface area contributed by atoms with Crippen molar-refractivity contribution in [1.82, 2.24) is 0 Å². The van der Waals surface area contributed by atoms with Crippen LogP contribution in [-0.4, -0.2) is 82.3 Å². The molecular weight excluding hydrogens is 983 g/mol. The molecule has 0 spiro atoms. The predicted octanol–water partition coefficient (Wildman–Crippen LogP) is 19.7. The number of likely N-dealkylation sites (N-methyl/N-ethyl adjacent to an activating group) is 1. The molecule has 0 radical (unpaired) electrons. The van der Waals surface area contributed by atoms with E-state index in [9.17, 15) is 19.5 Å². The Labute approximate surface area is 490 Å². The van der Waals surface area contributed by atoms with E-state index in [4.69, 9.17) is 18.9 Å². The van der Waals surface area contributed by atoms with Crippen LogP contribution < -0.4 is 5.11 Å². The molecule has 79 heavy (non-hydrogen) atoms. The van der Waals surface area contributed by atoms with Crippen LogP contribution >= 0.6 is 0 Å². The standard InChI is InChI=1S/C70H133NO8/c1-6-8-10-12-14-16-18-20-22-24-26-27-28-29-30-31-32-33-34-35-36-37-38-39-40-41-43-45-47-49-51-53-55-57-59-61-68(73)79-66(65-78-70(69(74)75)76-63-62-71(3,4)5)64-77-67(72)60-58-56-54-52-50-48-46-44-42-25-23-21-19-17-15-13-11-9-7-2/h18,20,24,26,66,70H,6-17,19,21-23,25,27-65H2,1-5H3/b20-18-,26-24-. The molecule has 0 aromatic rings. The zero-order valence-electron chi connectivity index (χ0n) is 53.3. The zero-order chi connectivity index (χ0) is 57.6. The Kier molecular flexibility index (Phi) is 60.1. The van der Waals surface area contributed by atoms with Gasteiger partial charge in [0.2, 0.25) is 0 Å². The van der Waals surface area contributed by atoms with Crippen LogP contribution in [0.1, 0.15) is 348 Å². The number of aliphatic carboxylic acids is 1. The van der Waals surface area contributed by atoms with Gasteiger partial charge in [0.1, 0.15) is 13.2 Å². The zero-order valence-corrected chi connectivity index (χ0v) is 53.3. The molecule has 0 heterocycles. The first-order valence-electron chi connectivity index (χ1n) is 34.5. The maximum atomic E-state index is 12.9. The first kappa shape index (κ1) is 76.8. The van der Waals surface area contributed by atoms with Crippen molar-refractivity contribution < 1.29 is 42.9 Å². The van der Waals surface area contributed by atoms with Gasteiger partial charge in [0.05, 0.1) is 40.3 Å². The van der Waals surface area contributed by atoms with Crippen LogP contribution in [-0.2, 0) is 33.3 Å². The fraction of sp³-hybridized carbons (Fsp3) is 0.900. The summed E-state index contributed by atoms with van der Waals surface area (Å²) >= 11 is 0. The highest BCUT2D eigenvalue weighted by Crippen LogP contribution is 2.19. The molecule has 0 bridgehead atoms. The number of carbonyl (C=O) groups is 3. The third kappa shape index (κ3) is 63.2. The Balaban J connectivity index is 4.01. The molecule has 466 valence electrons. The van der Waals surface area contributed by atoms with E-state index < -0.39 is 24.3 Å². The molecule has 2 atom stereocenters. The SMILES string of the molecule is CCCCCCC/C=C\C/C=C\CCCCCCCCCCCCCCCCCCCCCCCCCC(=O)OC(COC(=O)CCCCCCCCCCCCCCCCCCCCC)COC(OCC[N+](C)(C)C)C(=O)[O-]. The van der Waals surface area contributed by atoms with Crippen LogP contribution in [0.25, 0.3) is 0 Å². The third-order valence-corrected chi connectivity index (χ3v) is 15.7. The van der Waals surface area contributed by atoms with Crippen LogP contribution in [0.2, 0.25) is 0 Å². The van der Waals surface area contributed by atoms with Crippen molar-refractivity contribution in [1.29, 1.82) is 0 Å². The molecule has 0 amide bonds. The molecule has 2 unspecified atom stereocenters. The second-order valence-corrected chi connectivity index (χ2v) is 24.8. The van der Waals surface area contributed by atoms with Crippen molar-refractivity contribution in [2.45, 2.75) is 360 Å². The molecule has 0 aromatic heterocycles. The third-order valence-electron chi connectivity index (χ3n) is 15.7. The number of allylic oxidation sites excluding steroid dienone is 4. The van der Waals surface area contributed by atoms with Gasteiger partial charge in [-0.05, 0) is 44.9 Å². The molecule has 0 aliphatic heterocycles. The highest BCUT2D eigenvalue weighted by Gasteiger charge is 2.22. The van der Waals surface area contributed by atoms with E-state index in [1.165, 1.54) is 276 Å². The van der Waals surface area contributed by atoms with Gasteiger partial charge in [0, 0.05) is 12.8 Å². The lowest BCUT2D eigenvalue weighted by molar-refractivity contribution is -0.870. The average Bonchev–Trinajstić information content (AvgIpc) is 3.42. The van der Waals surface area contributed by atoms with Crippen molar-refractivity contribution in [2.24, 2.45) is 0 Å². The fourth-order valence-corrected chi connectivity index (χ4v) is 10.4. The number of ether oxygens (including phenoxy) is 4. The smallest absolute Gasteiger partial charge is 0.306 e. The number of quaternary nitrogens is 1.